The van der Waals surface area contributed by atoms with Crippen LogP contribution in [0.1, 0.15) is 6.42 Å². The van der Waals surface area contributed by atoms with E-state index in [1.54, 1.807) is 24.1 Å². The number of carbonyl (C=O) groups excluding carboxylic acids is 1. The third-order valence-corrected chi connectivity index (χ3v) is 4.13. The molecular weight excluding hydrogens is 336 g/mol. The molecule has 8 nitrogen and oxygen atoms in total. The highest BCUT2D eigenvalue weighted by Crippen LogP contribution is 2.25. The molecule has 0 aromatic heterocycles. The second-order valence-corrected chi connectivity index (χ2v) is 6.37. The lowest BCUT2D eigenvalue weighted by Crippen LogP contribution is -2.42. The van der Waals surface area contributed by atoms with Crippen LogP contribution in [-0.2, 0) is 14.3 Å². The van der Waals surface area contributed by atoms with Gasteiger partial charge in [-0.3, -0.25) is 9.80 Å². The number of carboxylic acids is 1. The number of rotatable bonds is 9. The summed E-state index contributed by atoms with van der Waals surface area (Å²) < 4.78 is 5.09. The number of carboxylic acid groups (broad SMARTS) is 1. The minimum atomic E-state index is -1.00. The van der Waals surface area contributed by atoms with E-state index in [-0.39, 0.29) is 18.0 Å². The molecule has 1 aliphatic heterocycles. The van der Waals surface area contributed by atoms with E-state index in [4.69, 9.17) is 4.74 Å². The smallest absolute Gasteiger partial charge is 0.328 e. The van der Waals surface area contributed by atoms with Crippen LogP contribution in [0.15, 0.2) is 35.4 Å². The summed E-state index contributed by atoms with van der Waals surface area (Å²) in [5, 5.41) is 15.3. The summed E-state index contributed by atoms with van der Waals surface area (Å²) in [4.78, 5) is 28.2. The van der Waals surface area contributed by atoms with E-state index in [2.05, 4.69) is 5.10 Å². The molecule has 1 aromatic rings. The molecule has 0 saturated carbocycles. The minimum absolute atomic E-state index is 0.0779. The lowest BCUT2D eigenvalue weighted by atomic mass is 10.1. The molecule has 1 amide bonds. The first kappa shape index (κ1) is 19.9. The third kappa shape index (κ3) is 5.03. The van der Waals surface area contributed by atoms with Crippen molar-refractivity contribution in [3.05, 3.63) is 30.3 Å². The molecule has 0 saturated heterocycles. The standard InChI is InChI=1S/C18H26N4O4/c1-20(2)9-10-21(11-12-26-3)17(23)15-13-16(18(24)25)22(19-15)14-7-5-4-6-8-14/h4-8,16H,9-13H2,1-3H3,(H,24,25). The number of hydrogen-bond donors (Lipinski definition) is 1. The molecule has 1 N–H and O–H groups in total. The fourth-order valence-electron chi connectivity index (χ4n) is 2.67. The van der Waals surface area contributed by atoms with E-state index in [0.717, 1.165) is 0 Å². The molecule has 0 aliphatic carbocycles. The predicted octanol–water partition coefficient (Wildman–Crippen LogP) is 0.743. The summed E-state index contributed by atoms with van der Waals surface area (Å²) in [7, 11) is 5.45. The number of amides is 1. The average Bonchev–Trinajstić information content (AvgIpc) is 3.07. The quantitative estimate of drug-likeness (QED) is 0.697. The van der Waals surface area contributed by atoms with Gasteiger partial charge < -0.3 is 19.6 Å². The molecule has 142 valence electrons. The zero-order chi connectivity index (χ0) is 19.1. The van der Waals surface area contributed by atoms with Crippen molar-refractivity contribution in [2.45, 2.75) is 12.5 Å². The minimum Gasteiger partial charge on any atom is -0.480 e. The maximum absolute atomic E-state index is 12.9. The molecule has 0 spiro atoms. The molecule has 1 unspecified atom stereocenters. The highest BCUT2D eigenvalue weighted by atomic mass is 16.5. The Labute approximate surface area is 153 Å². The van der Waals surface area contributed by atoms with E-state index in [1.807, 2.05) is 37.2 Å². The van der Waals surface area contributed by atoms with Crippen molar-refractivity contribution >= 4 is 23.3 Å². The second kappa shape index (κ2) is 9.30. The van der Waals surface area contributed by atoms with Gasteiger partial charge in [-0.05, 0) is 26.2 Å². The summed E-state index contributed by atoms with van der Waals surface area (Å²) in [6.07, 6.45) is 0.0779. The van der Waals surface area contributed by atoms with Crippen LogP contribution in [0.25, 0.3) is 0 Å². The molecule has 1 atom stereocenters. The van der Waals surface area contributed by atoms with Crippen LogP contribution in [0.3, 0.4) is 0 Å². The van der Waals surface area contributed by atoms with Crippen LogP contribution in [-0.4, -0.2) is 86.0 Å². The van der Waals surface area contributed by atoms with Gasteiger partial charge in [0, 0.05) is 33.2 Å². The Morgan fingerprint density at radius 1 is 1.23 bits per heavy atom. The molecule has 2 rings (SSSR count). The fourth-order valence-corrected chi connectivity index (χ4v) is 2.67. The van der Waals surface area contributed by atoms with E-state index in [1.165, 1.54) is 5.01 Å². The van der Waals surface area contributed by atoms with Gasteiger partial charge in [-0.1, -0.05) is 18.2 Å². The van der Waals surface area contributed by atoms with Gasteiger partial charge in [0.2, 0.25) is 0 Å². The fraction of sp³-hybridized carbons (Fsp3) is 0.500. The van der Waals surface area contributed by atoms with Gasteiger partial charge in [0.25, 0.3) is 5.91 Å². The highest BCUT2D eigenvalue weighted by Gasteiger charge is 2.37. The van der Waals surface area contributed by atoms with Crippen molar-refractivity contribution in [1.29, 1.82) is 0 Å². The second-order valence-electron chi connectivity index (χ2n) is 6.37. The van der Waals surface area contributed by atoms with E-state index < -0.39 is 12.0 Å². The average molecular weight is 362 g/mol. The van der Waals surface area contributed by atoms with E-state index >= 15 is 0 Å². The number of anilines is 1. The molecule has 0 radical (unpaired) electrons. The van der Waals surface area contributed by atoms with Crippen LogP contribution < -0.4 is 5.01 Å². The zero-order valence-corrected chi connectivity index (χ0v) is 15.5. The Balaban J connectivity index is 2.20. The van der Waals surface area contributed by atoms with Crippen LogP contribution in [0, 0.1) is 0 Å². The number of nitrogens with zero attached hydrogens (tertiary/aromatic N) is 4. The van der Waals surface area contributed by atoms with Gasteiger partial charge in [0.1, 0.15) is 5.71 Å². The normalized spacial score (nSPS) is 16.7. The van der Waals surface area contributed by atoms with Crippen LogP contribution in [0.5, 0.6) is 0 Å². The summed E-state index contributed by atoms with van der Waals surface area (Å²) in [5.74, 6) is -1.24. The summed E-state index contributed by atoms with van der Waals surface area (Å²) in [6, 6.07) is 8.15. The Hall–Kier alpha value is -2.45. The molecular formula is C18H26N4O4. The largest absolute Gasteiger partial charge is 0.480 e. The monoisotopic (exact) mass is 362 g/mol. The van der Waals surface area contributed by atoms with Gasteiger partial charge in [0.15, 0.2) is 6.04 Å². The number of carbonyl (C=O) groups is 2. The first-order valence-electron chi connectivity index (χ1n) is 8.51. The van der Waals surface area contributed by atoms with Crippen molar-refractivity contribution < 1.29 is 19.4 Å². The maximum atomic E-state index is 12.9. The number of methoxy groups -OCH3 is 1. The van der Waals surface area contributed by atoms with Crippen LogP contribution >= 0.6 is 0 Å². The van der Waals surface area contributed by atoms with Crippen molar-refractivity contribution in [2.24, 2.45) is 5.10 Å². The SMILES string of the molecule is COCCN(CCN(C)C)C(=O)C1=NN(c2ccccc2)C(C(=O)O)C1. The lowest BCUT2D eigenvalue weighted by molar-refractivity contribution is -0.138. The Morgan fingerprint density at radius 3 is 2.50 bits per heavy atom. The van der Waals surface area contributed by atoms with Crippen molar-refractivity contribution in [2.75, 3.05) is 52.5 Å². The van der Waals surface area contributed by atoms with Gasteiger partial charge in [-0.25, -0.2) is 4.79 Å². The first-order chi connectivity index (χ1) is 12.4. The Morgan fingerprint density at radius 2 is 1.92 bits per heavy atom. The number of para-hydroxylation sites is 1. The highest BCUT2D eigenvalue weighted by molar-refractivity contribution is 6.40. The summed E-state index contributed by atoms with van der Waals surface area (Å²) >= 11 is 0. The Kier molecular flexibility index (Phi) is 7.11. The molecule has 1 aromatic carbocycles. The van der Waals surface area contributed by atoms with Gasteiger partial charge in [-0.2, -0.15) is 5.10 Å². The van der Waals surface area contributed by atoms with Gasteiger partial charge in [-0.15, -0.1) is 0 Å². The maximum Gasteiger partial charge on any atom is 0.328 e. The molecule has 0 fully saturated rings. The van der Waals surface area contributed by atoms with Crippen molar-refractivity contribution in [3.63, 3.8) is 0 Å². The number of benzene rings is 1. The topological polar surface area (TPSA) is 85.7 Å². The third-order valence-electron chi connectivity index (χ3n) is 4.13. The predicted molar refractivity (Wildman–Crippen MR) is 99.4 cm³/mol. The molecule has 8 heteroatoms. The van der Waals surface area contributed by atoms with Gasteiger partial charge >= 0.3 is 5.97 Å². The van der Waals surface area contributed by atoms with E-state index in [9.17, 15) is 14.7 Å². The van der Waals surface area contributed by atoms with Crippen molar-refractivity contribution in [1.82, 2.24) is 9.80 Å². The van der Waals surface area contributed by atoms with Gasteiger partial charge in [0.05, 0.1) is 12.3 Å². The number of likely N-dealkylation sites (N-methyl/N-ethyl adjacent to an activating group) is 1. The Bertz CT molecular complexity index is 648. The first-order valence-corrected chi connectivity index (χ1v) is 8.51. The van der Waals surface area contributed by atoms with Crippen molar-refractivity contribution in [3.8, 4) is 0 Å². The summed E-state index contributed by atoms with van der Waals surface area (Å²) in [5.41, 5.74) is 0.913. The number of hydrazone groups is 1. The number of ether oxygens (including phenoxy) is 1. The number of aliphatic carboxylic acids is 1. The van der Waals surface area contributed by atoms with Crippen LogP contribution in [0.2, 0.25) is 0 Å². The lowest BCUT2D eigenvalue weighted by Gasteiger charge is -2.23. The number of hydrogen-bond acceptors (Lipinski definition) is 6. The molecule has 0 bridgehead atoms. The molecule has 1 heterocycles. The zero-order valence-electron chi connectivity index (χ0n) is 15.5. The molecule has 1 aliphatic rings. The van der Waals surface area contributed by atoms with E-state index in [0.29, 0.717) is 31.9 Å². The van der Waals surface area contributed by atoms with Crippen LogP contribution in [0.4, 0.5) is 5.69 Å². The molecule has 26 heavy (non-hydrogen) atoms. The summed E-state index contributed by atoms with van der Waals surface area (Å²) in [6.45, 7) is 2.08.